The molecule has 0 unspecified atom stereocenters. The van der Waals surface area contributed by atoms with E-state index in [2.05, 4.69) is 5.32 Å². The second-order valence-electron chi connectivity index (χ2n) is 5.43. The number of hydrogen-bond donors (Lipinski definition) is 1. The predicted octanol–water partition coefficient (Wildman–Crippen LogP) is 3.40. The van der Waals surface area contributed by atoms with Gasteiger partial charge in [0.1, 0.15) is 11.8 Å². The third-order valence-corrected chi connectivity index (χ3v) is 3.40. The predicted molar refractivity (Wildman–Crippen MR) is 82.7 cm³/mol. The number of benzene rings is 1. The summed E-state index contributed by atoms with van der Waals surface area (Å²) >= 11 is 0. The summed E-state index contributed by atoms with van der Waals surface area (Å²) in [5, 5.41) is 3.08. The van der Waals surface area contributed by atoms with E-state index in [-0.39, 0.29) is 24.1 Å². The Balaban J connectivity index is 0.00000242. The smallest absolute Gasteiger partial charge is 0.408 e. The first kappa shape index (κ1) is 19.1. The molecule has 1 aromatic carbocycles. The number of hydrogen-bond acceptors (Lipinski definition) is 3. The minimum Gasteiger partial charge on any atom is -0.491 e. The molecule has 0 bridgehead atoms. The number of rotatable bonds is 4. The van der Waals surface area contributed by atoms with Crippen molar-refractivity contribution in [3.05, 3.63) is 29.8 Å². The Morgan fingerprint density at radius 3 is 2.27 bits per heavy atom. The van der Waals surface area contributed by atoms with E-state index in [1.165, 1.54) is 11.0 Å². The molecule has 1 N–H and O–H groups in total. The lowest BCUT2D eigenvalue weighted by molar-refractivity contribution is -0.188. The SMILES string of the molecule is CC(C)Oc1ccccc1[C@@H](N1CCNCC1)C(F)(F)F.Cl. The van der Waals surface area contributed by atoms with Crippen molar-refractivity contribution in [3.8, 4) is 5.75 Å². The average molecular weight is 339 g/mol. The zero-order valence-electron chi connectivity index (χ0n) is 12.7. The summed E-state index contributed by atoms with van der Waals surface area (Å²) in [6, 6.07) is 4.83. The maximum absolute atomic E-state index is 13.6. The van der Waals surface area contributed by atoms with Crippen LogP contribution >= 0.6 is 12.4 Å². The third kappa shape index (κ3) is 4.76. The molecule has 126 valence electrons. The van der Waals surface area contributed by atoms with Crippen molar-refractivity contribution in [2.24, 2.45) is 0 Å². The van der Waals surface area contributed by atoms with Crippen LogP contribution in [0.15, 0.2) is 24.3 Å². The van der Waals surface area contributed by atoms with Crippen LogP contribution in [0.2, 0.25) is 0 Å². The average Bonchev–Trinajstić information content (AvgIpc) is 2.40. The fourth-order valence-corrected chi connectivity index (χ4v) is 2.59. The lowest BCUT2D eigenvalue weighted by Gasteiger charge is -2.36. The van der Waals surface area contributed by atoms with Gasteiger partial charge in [-0.3, -0.25) is 4.90 Å². The van der Waals surface area contributed by atoms with Gasteiger partial charge in [0.2, 0.25) is 0 Å². The van der Waals surface area contributed by atoms with E-state index in [1.54, 1.807) is 18.2 Å². The highest BCUT2D eigenvalue weighted by atomic mass is 35.5. The Morgan fingerprint density at radius 2 is 1.73 bits per heavy atom. The molecular weight excluding hydrogens is 317 g/mol. The Kier molecular flexibility index (Phi) is 6.97. The fraction of sp³-hybridized carbons (Fsp3) is 0.600. The van der Waals surface area contributed by atoms with Gasteiger partial charge in [-0.25, -0.2) is 0 Å². The van der Waals surface area contributed by atoms with Crippen molar-refractivity contribution >= 4 is 12.4 Å². The first-order valence-electron chi connectivity index (χ1n) is 7.16. The highest BCUT2D eigenvalue weighted by Crippen LogP contribution is 2.41. The van der Waals surface area contributed by atoms with E-state index in [1.807, 2.05) is 13.8 Å². The first-order chi connectivity index (χ1) is 9.89. The molecule has 1 heterocycles. The number of piperazine rings is 1. The summed E-state index contributed by atoms with van der Waals surface area (Å²) in [4.78, 5) is 1.47. The maximum Gasteiger partial charge on any atom is 0.408 e. The van der Waals surface area contributed by atoms with Crippen molar-refractivity contribution in [3.63, 3.8) is 0 Å². The van der Waals surface area contributed by atoms with Gasteiger partial charge in [-0.05, 0) is 19.9 Å². The van der Waals surface area contributed by atoms with E-state index >= 15 is 0 Å². The van der Waals surface area contributed by atoms with Crippen LogP contribution in [0.25, 0.3) is 0 Å². The summed E-state index contributed by atoms with van der Waals surface area (Å²) in [7, 11) is 0. The van der Waals surface area contributed by atoms with E-state index < -0.39 is 12.2 Å². The number of para-hydroxylation sites is 1. The molecule has 1 fully saturated rings. The second kappa shape index (κ2) is 8.04. The van der Waals surface area contributed by atoms with Crippen LogP contribution in [-0.4, -0.2) is 43.4 Å². The minimum atomic E-state index is -4.33. The number of alkyl halides is 3. The molecule has 7 heteroatoms. The van der Waals surface area contributed by atoms with E-state index in [9.17, 15) is 13.2 Å². The highest BCUT2D eigenvalue weighted by molar-refractivity contribution is 5.85. The van der Waals surface area contributed by atoms with Crippen molar-refractivity contribution in [2.75, 3.05) is 26.2 Å². The van der Waals surface area contributed by atoms with Crippen LogP contribution in [0.1, 0.15) is 25.5 Å². The van der Waals surface area contributed by atoms with E-state index in [4.69, 9.17) is 4.74 Å². The molecule has 1 aromatic rings. The van der Waals surface area contributed by atoms with Crippen LogP contribution in [0.5, 0.6) is 5.75 Å². The second-order valence-corrected chi connectivity index (χ2v) is 5.43. The van der Waals surface area contributed by atoms with Gasteiger partial charge in [0, 0.05) is 31.7 Å². The van der Waals surface area contributed by atoms with Gasteiger partial charge in [-0.2, -0.15) is 13.2 Å². The molecule has 2 rings (SSSR count). The van der Waals surface area contributed by atoms with Gasteiger partial charge in [-0.1, -0.05) is 18.2 Å². The van der Waals surface area contributed by atoms with Gasteiger partial charge in [0.25, 0.3) is 0 Å². The van der Waals surface area contributed by atoms with Crippen LogP contribution < -0.4 is 10.1 Å². The summed E-state index contributed by atoms with van der Waals surface area (Å²) in [5.41, 5.74) is 0.195. The van der Waals surface area contributed by atoms with Crippen LogP contribution in [0, 0.1) is 0 Å². The molecule has 0 amide bonds. The zero-order valence-corrected chi connectivity index (χ0v) is 13.5. The Morgan fingerprint density at radius 1 is 1.14 bits per heavy atom. The molecule has 22 heavy (non-hydrogen) atoms. The standard InChI is InChI=1S/C15H21F3N2O.ClH/c1-11(2)21-13-6-4-3-5-12(13)14(15(16,17)18)20-9-7-19-8-10-20;/h3-6,11,14,19H,7-10H2,1-2H3;1H/t14-;/m1./s1. The van der Waals surface area contributed by atoms with Crippen molar-refractivity contribution < 1.29 is 17.9 Å². The van der Waals surface area contributed by atoms with Gasteiger partial charge < -0.3 is 10.1 Å². The van der Waals surface area contributed by atoms with Crippen molar-refractivity contribution in [1.82, 2.24) is 10.2 Å². The quantitative estimate of drug-likeness (QED) is 0.910. The van der Waals surface area contributed by atoms with Gasteiger partial charge in [0.15, 0.2) is 0 Å². The number of nitrogens with zero attached hydrogens (tertiary/aromatic N) is 1. The molecule has 0 aliphatic carbocycles. The Hall–Kier alpha value is -0.980. The molecule has 1 aliphatic heterocycles. The van der Waals surface area contributed by atoms with Crippen LogP contribution in [0.4, 0.5) is 13.2 Å². The van der Waals surface area contributed by atoms with E-state index in [0.717, 1.165) is 0 Å². The van der Waals surface area contributed by atoms with Crippen molar-refractivity contribution in [1.29, 1.82) is 0 Å². The van der Waals surface area contributed by atoms with Crippen LogP contribution in [-0.2, 0) is 0 Å². The zero-order chi connectivity index (χ0) is 15.5. The lowest BCUT2D eigenvalue weighted by atomic mass is 10.0. The van der Waals surface area contributed by atoms with Crippen molar-refractivity contribution in [2.45, 2.75) is 32.2 Å². The number of ether oxygens (including phenoxy) is 1. The van der Waals surface area contributed by atoms with Gasteiger partial charge in [0.05, 0.1) is 6.10 Å². The molecule has 3 nitrogen and oxygen atoms in total. The summed E-state index contributed by atoms with van der Waals surface area (Å²) < 4.78 is 46.3. The number of halogens is 4. The third-order valence-electron chi connectivity index (χ3n) is 3.40. The molecule has 0 spiro atoms. The maximum atomic E-state index is 13.6. The summed E-state index contributed by atoms with van der Waals surface area (Å²) in [5.74, 6) is 0.313. The molecule has 1 saturated heterocycles. The summed E-state index contributed by atoms with van der Waals surface area (Å²) in [6.07, 6.45) is -4.49. The largest absolute Gasteiger partial charge is 0.491 e. The molecule has 0 saturated carbocycles. The Labute approximate surface area is 135 Å². The molecule has 1 aliphatic rings. The monoisotopic (exact) mass is 338 g/mol. The first-order valence-corrected chi connectivity index (χ1v) is 7.16. The van der Waals surface area contributed by atoms with E-state index in [0.29, 0.717) is 31.9 Å². The van der Waals surface area contributed by atoms with Crippen LogP contribution in [0.3, 0.4) is 0 Å². The van der Waals surface area contributed by atoms with Gasteiger partial charge >= 0.3 is 6.18 Å². The number of nitrogens with one attached hydrogen (secondary N) is 1. The normalized spacial score (nSPS) is 17.9. The minimum absolute atomic E-state index is 0. The fourth-order valence-electron chi connectivity index (χ4n) is 2.59. The molecule has 0 radical (unpaired) electrons. The van der Waals surface area contributed by atoms with Gasteiger partial charge in [-0.15, -0.1) is 12.4 Å². The Bertz CT molecular complexity index is 462. The summed E-state index contributed by atoms with van der Waals surface area (Å²) in [6.45, 7) is 5.51. The molecule has 0 aromatic heterocycles. The molecular formula is C15H22ClF3N2O. The topological polar surface area (TPSA) is 24.5 Å². The lowest BCUT2D eigenvalue weighted by Crippen LogP contribution is -2.49. The highest BCUT2D eigenvalue weighted by Gasteiger charge is 2.46. The molecule has 1 atom stereocenters.